The number of anilines is 2. The molecule has 21 heavy (non-hydrogen) atoms. The first-order valence-corrected chi connectivity index (χ1v) is 7.80. The van der Waals surface area contributed by atoms with Crippen LogP contribution in [0.1, 0.15) is 49.9 Å². The van der Waals surface area contributed by atoms with Gasteiger partial charge in [0.1, 0.15) is 0 Å². The summed E-state index contributed by atoms with van der Waals surface area (Å²) < 4.78 is 0. The Morgan fingerprint density at radius 1 is 1.05 bits per heavy atom. The summed E-state index contributed by atoms with van der Waals surface area (Å²) in [5.41, 5.74) is 2.14. The number of benzene rings is 1. The quantitative estimate of drug-likeness (QED) is 0.750. The Kier molecular flexibility index (Phi) is 7.06. The lowest BCUT2D eigenvalue weighted by atomic mass is 10.1. The summed E-state index contributed by atoms with van der Waals surface area (Å²) in [6, 6.07) is 5.73. The minimum Gasteiger partial charge on any atom is -0.478 e. The van der Waals surface area contributed by atoms with Crippen molar-refractivity contribution in [2.75, 3.05) is 37.0 Å². The monoisotopic (exact) mass is 292 g/mol. The van der Waals surface area contributed by atoms with E-state index in [4.69, 9.17) is 0 Å². The molecule has 0 aliphatic carbocycles. The lowest BCUT2D eigenvalue weighted by Gasteiger charge is -2.24. The molecule has 118 valence electrons. The summed E-state index contributed by atoms with van der Waals surface area (Å²) in [4.78, 5) is 15.7. The first kappa shape index (κ1) is 17.3. The predicted molar refractivity (Wildman–Crippen MR) is 89.8 cm³/mol. The van der Waals surface area contributed by atoms with E-state index in [1.54, 1.807) is 6.07 Å². The molecule has 1 aromatic rings. The molecular weight excluding hydrogens is 264 g/mol. The summed E-state index contributed by atoms with van der Waals surface area (Å²) in [6.45, 7) is 6.11. The summed E-state index contributed by atoms with van der Waals surface area (Å²) in [6.07, 6.45) is 4.41. The number of hydrogen-bond acceptors (Lipinski definition) is 3. The number of aromatic carboxylic acids is 1. The van der Waals surface area contributed by atoms with E-state index >= 15 is 0 Å². The molecule has 0 heterocycles. The van der Waals surface area contributed by atoms with Crippen LogP contribution in [0.2, 0.25) is 0 Å². The smallest absolute Gasteiger partial charge is 0.337 e. The van der Waals surface area contributed by atoms with Gasteiger partial charge in [0.2, 0.25) is 0 Å². The minimum atomic E-state index is -0.862. The molecular formula is C17H28N2O2. The number of carboxylic acids is 1. The molecule has 0 bridgehead atoms. The van der Waals surface area contributed by atoms with Gasteiger partial charge in [-0.25, -0.2) is 4.79 Å². The average Bonchev–Trinajstić information content (AvgIpc) is 2.49. The molecule has 0 spiro atoms. The molecule has 0 amide bonds. The zero-order chi connectivity index (χ0) is 15.8. The van der Waals surface area contributed by atoms with Crippen molar-refractivity contribution in [3.05, 3.63) is 23.8 Å². The molecule has 0 radical (unpaired) electrons. The Balaban J connectivity index is 2.98. The Bertz CT molecular complexity index is 460. The van der Waals surface area contributed by atoms with Crippen LogP contribution in [0.15, 0.2) is 18.2 Å². The molecule has 0 fully saturated rings. The van der Waals surface area contributed by atoms with Crippen molar-refractivity contribution in [3.63, 3.8) is 0 Å². The summed E-state index contributed by atoms with van der Waals surface area (Å²) >= 11 is 0. The maximum atomic E-state index is 11.5. The topological polar surface area (TPSA) is 43.8 Å². The number of unbranched alkanes of at least 4 members (excludes halogenated alkanes) is 2. The van der Waals surface area contributed by atoms with Crippen molar-refractivity contribution in [1.82, 2.24) is 0 Å². The SMILES string of the molecule is CCCCN(C)c1ccc(N(C)CCCC)c(C(=O)O)c1. The van der Waals surface area contributed by atoms with Crippen LogP contribution in [0, 0.1) is 0 Å². The average molecular weight is 292 g/mol. The van der Waals surface area contributed by atoms with Crippen molar-refractivity contribution in [1.29, 1.82) is 0 Å². The van der Waals surface area contributed by atoms with E-state index in [0.717, 1.165) is 50.1 Å². The van der Waals surface area contributed by atoms with E-state index in [9.17, 15) is 9.90 Å². The van der Waals surface area contributed by atoms with Gasteiger partial charge in [-0.15, -0.1) is 0 Å². The van der Waals surface area contributed by atoms with Gasteiger partial charge in [0.15, 0.2) is 0 Å². The Morgan fingerprint density at radius 3 is 2.14 bits per heavy atom. The number of carboxylic acid groups (broad SMARTS) is 1. The highest BCUT2D eigenvalue weighted by Gasteiger charge is 2.15. The van der Waals surface area contributed by atoms with Crippen LogP contribution in [-0.4, -0.2) is 38.3 Å². The highest BCUT2D eigenvalue weighted by Crippen LogP contribution is 2.26. The summed E-state index contributed by atoms with van der Waals surface area (Å²) in [5.74, 6) is -0.862. The molecule has 1 rings (SSSR count). The molecule has 0 saturated heterocycles. The Hall–Kier alpha value is -1.71. The van der Waals surface area contributed by atoms with Gasteiger partial charge in [0, 0.05) is 32.9 Å². The van der Waals surface area contributed by atoms with Crippen molar-refractivity contribution < 1.29 is 9.90 Å². The number of carbonyl (C=O) groups is 1. The highest BCUT2D eigenvalue weighted by molar-refractivity contribution is 5.95. The van der Waals surface area contributed by atoms with Gasteiger partial charge in [0.05, 0.1) is 11.3 Å². The molecule has 0 aromatic heterocycles. The van der Waals surface area contributed by atoms with Crippen LogP contribution in [0.4, 0.5) is 11.4 Å². The maximum Gasteiger partial charge on any atom is 0.337 e. The highest BCUT2D eigenvalue weighted by atomic mass is 16.4. The normalized spacial score (nSPS) is 10.5. The van der Waals surface area contributed by atoms with Crippen LogP contribution < -0.4 is 9.80 Å². The number of rotatable bonds is 9. The third-order valence-electron chi connectivity index (χ3n) is 3.76. The van der Waals surface area contributed by atoms with Crippen LogP contribution >= 0.6 is 0 Å². The van der Waals surface area contributed by atoms with Gasteiger partial charge < -0.3 is 14.9 Å². The fraction of sp³-hybridized carbons (Fsp3) is 0.588. The van der Waals surface area contributed by atoms with Crippen molar-refractivity contribution in [3.8, 4) is 0 Å². The molecule has 0 aliphatic heterocycles. The van der Waals surface area contributed by atoms with E-state index in [0.29, 0.717) is 5.56 Å². The Labute approximate surface area is 128 Å². The van der Waals surface area contributed by atoms with Crippen LogP contribution in [0.25, 0.3) is 0 Å². The van der Waals surface area contributed by atoms with E-state index < -0.39 is 5.97 Å². The molecule has 4 heteroatoms. The van der Waals surface area contributed by atoms with E-state index in [-0.39, 0.29) is 0 Å². The number of nitrogens with zero attached hydrogens (tertiary/aromatic N) is 2. The molecule has 0 saturated carbocycles. The van der Waals surface area contributed by atoms with E-state index in [1.165, 1.54) is 0 Å². The van der Waals surface area contributed by atoms with E-state index in [2.05, 4.69) is 18.7 Å². The van der Waals surface area contributed by atoms with Gasteiger partial charge in [-0.3, -0.25) is 0 Å². The van der Waals surface area contributed by atoms with Crippen LogP contribution in [-0.2, 0) is 0 Å². The second-order valence-corrected chi connectivity index (χ2v) is 5.56. The fourth-order valence-corrected chi connectivity index (χ4v) is 2.31. The molecule has 4 nitrogen and oxygen atoms in total. The lowest BCUT2D eigenvalue weighted by molar-refractivity contribution is 0.0697. The summed E-state index contributed by atoms with van der Waals surface area (Å²) in [7, 11) is 3.97. The van der Waals surface area contributed by atoms with Crippen molar-refractivity contribution in [2.24, 2.45) is 0 Å². The standard InChI is InChI=1S/C17H28N2O2/c1-5-7-11-18(3)14-9-10-16(15(13-14)17(20)21)19(4)12-8-6-2/h9-10,13H,5-8,11-12H2,1-4H3,(H,20,21). The van der Waals surface area contributed by atoms with Crippen LogP contribution in [0.3, 0.4) is 0 Å². The van der Waals surface area contributed by atoms with Crippen LogP contribution in [0.5, 0.6) is 0 Å². The van der Waals surface area contributed by atoms with Gasteiger partial charge in [0.25, 0.3) is 0 Å². The van der Waals surface area contributed by atoms with E-state index in [1.807, 2.05) is 31.1 Å². The second kappa shape index (κ2) is 8.55. The number of hydrogen-bond donors (Lipinski definition) is 1. The second-order valence-electron chi connectivity index (χ2n) is 5.56. The lowest BCUT2D eigenvalue weighted by Crippen LogP contribution is -2.23. The summed E-state index contributed by atoms with van der Waals surface area (Å²) in [5, 5.41) is 9.48. The van der Waals surface area contributed by atoms with Gasteiger partial charge in [-0.2, -0.15) is 0 Å². The first-order chi connectivity index (χ1) is 10.0. The largest absolute Gasteiger partial charge is 0.478 e. The predicted octanol–water partition coefficient (Wildman–Crippen LogP) is 3.86. The molecule has 0 unspecified atom stereocenters. The zero-order valence-corrected chi connectivity index (χ0v) is 13.7. The van der Waals surface area contributed by atoms with Gasteiger partial charge in [-0.1, -0.05) is 26.7 Å². The molecule has 1 N–H and O–H groups in total. The maximum absolute atomic E-state index is 11.5. The molecule has 0 atom stereocenters. The molecule has 1 aromatic carbocycles. The van der Waals surface area contributed by atoms with Gasteiger partial charge in [-0.05, 0) is 31.0 Å². The van der Waals surface area contributed by atoms with Crippen molar-refractivity contribution in [2.45, 2.75) is 39.5 Å². The minimum absolute atomic E-state index is 0.384. The van der Waals surface area contributed by atoms with Gasteiger partial charge >= 0.3 is 5.97 Å². The third kappa shape index (κ3) is 4.96. The first-order valence-electron chi connectivity index (χ1n) is 7.80. The fourth-order valence-electron chi connectivity index (χ4n) is 2.31. The zero-order valence-electron chi connectivity index (χ0n) is 13.7. The van der Waals surface area contributed by atoms with Crippen molar-refractivity contribution >= 4 is 17.3 Å². The third-order valence-corrected chi connectivity index (χ3v) is 3.76. The Morgan fingerprint density at radius 2 is 1.62 bits per heavy atom. The molecule has 0 aliphatic rings.